The molecule has 0 amide bonds. The van der Waals surface area contributed by atoms with Crippen LogP contribution in [0.25, 0.3) is 11.1 Å². The van der Waals surface area contributed by atoms with Crippen molar-refractivity contribution in [2.45, 2.75) is 27.7 Å². The number of benzene rings is 2. The summed E-state index contributed by atoms with van der Waals surface area (Å²) in [7, 11) is 0. The molecule has 1 N–H and O–H groups in total. The zero-order valence-corrected chi connectivity index (χ0v) is 15.1. The molecule has 0 aliphatic rings. The van der Waals surface area contributed by atoms with Gasteiger partial charge >= 0.3 is 17.1 Å². The van der Waals surface area contributed by atoms with Gasteiger partial charge in [0.1, 0.15) is 0 Å². The quantitative estimate of drug-likeness (QED) is 0.571. The van der Waals surface area contributed by atoms with Crippen molar-refractivity contribution in [2.75, 3.05) is 11.9 Å². The summed E-state index contributed by atoms with van der Waals surface area (Å²) in [5, 5.41) is 3.41. The van der Waals surface area contributed by atoms with Gasteiger partial charge in [0.05, 0.1) is 0 Å². The van der Waals surface area contributed by atoms with Crippen molar-refractivity contribution in [3.63, 3.8) is 0 Å². The fourth-order valence-corrected chi connectivity index (χ4v) is 2.10. The zero-order chi connectivity index (χ0) is 13.1. The molecule has 0 radical (unpaired) electrons. The van der Waals surface area contributed by atoms with Crippen molar-refractivity contribution in [2.24, 2.45) is 0 Å². The summed E-state index contributed by atoms with van der Waals surface area (Å²) in [4.78, 5) is 0. The number of rotatable bonds is 3. The Morgan fingerprint density at radius 3 is 1.81 bits per heavy atom. The summed E-state index contributed by atoms with van der Waals surface area (Å²) in [5.74, 6) is 0. The summed E-state index contributed by atoms with van der Waals surface area (Å²) in [6, 6.07) is 13.3. The molecule has 21 heavy (non-hydrogen) atoms. The first-order chi connectivity index (χ1) is 8.61. The van der Waals surface area contributed by atoms with Crippen LogP contribution in [0.15, 0.2) is 36.4 Å². The van der Waals surface area contributed by atoms with E-state index in [2.05, 4.69) is 69.4 Å². The van der Waals surface area contributed by atoms with Gasteiger partial charge in [-0.3, -0.25) is 0 Å². The van der Waals surface area contributed by atoms with E-state index >= 15 is 0 Å². The SMILES string of the molecule is CCNc1cc(-c2ccc(C)c(C)c2)ccc1C.[CH3-].[CH3-].[Fe+2]. The third kappa shape index (κ3) is 5.22. The smallest absolute Gasteiger partial charge is 0.385 e. The van der Waals surface area contributed by atoms with Crippen molar-refractivity contribution in [1.29, 1.82) is 0 Å². The van der Waals surface area contributed by atoms with Gasteiger partial charge < -0.3 is 20.2 Å². The summed E-state index contributed by atoms with van der Waals surface area (Å²) < 4.78 is 0. The molecule has 0 aromatic heterocycles. The van der Waals surface area contributed by atoms with E-state index in [4.69, 9.17) is 0 Å². The topological polar surface area (TPSA) is 12.0 Å². The Labute approximate surface area is 141 Å². The minimum Gasteiger partial charge on any atom is -0.385 e. The molecule has 0 saturated carbocycles. The molecule has 2 aromatic rings. The van der Waals surface area contributed by atoms with Gasteiger partial charge in [0, 0.05) is 12.2 Å². The molecule has 0 heterocycles. The van der Waals surface area contributed by atoms with Gasteiger partial charge in [-0.05, 0) is 61.6 Å². The van der Waals surface area contributed by atoms with Crippen LogP contribution >= 0.6 is 0 Å². The first-order valence-electron chi connectivity index (χ1n) is 6.54. The fourth-order valence-electron chi connectivity index (χ4n) is 2.10. The van der Waals surface area contributed by atoms with Crippen LogP contribution in [-0.4, -0.2) is 6.54 Å². The van der Waals surface area contributed by atoms with Gasteiger partial charge in [0.2, 0.25) is 0 Å². The Bertz CT molecular complexity index is 561. The fraction of sp³-hybridized carbons (Fsp3) is 0.263. The first-order valence-corrected chi connectivity index (χ1v) is 6.54. The molecule has 2 heteroatoms. The van der Waals surface area contributed by atoms with Crippen molar-refractivity contribution < 1.29 is 17.1 Å². The third-order valence-electron chi connectivity index (χ3n) is 3.45. The van der Waals surface area contributed by atoms with Crippen LogP contribution < -0.4 is 5.32 Å². The predicted molar refractivity (Wildman–Crippen MR) is 93.1 cm³/mol. The number of hydrogen-bond acceptors (Lipinski definition) is 1. The second-order valence-electron chi connectivity index (χ2n) is 4.86. The van der Waals surface area contributed by atoms with E-state index in [-0.39, 0.29) is 31.9 Å². The van der Waals surface area contributed by atoms with Crippen LogP contribution in [0.4, 0.5) is 5.69 Å². The number of anilines is 1. The van der Waals surface area contributed by atoms with Gasteiger partial charge in [-0.2, -0.15) is 0 Å². The Morgan fingerprint density at radius 1 is 0.762 bits per heavy atom. The molecule has 0 spiro atoms. The maximum atomic E-state index is 3.41. The Balaban J connectivity index is 0. The van der Waals surface area contributed by atoms with Crippen molar-refractivity contribution in [3.05, 3.63) is 67.9 Å². The Kier molecular flexibility index (Phi) is 10.1. The molecule has 116 valence electrons. The molecule has 2 aromatic carbocycles. The van der Waals surface area contributed by atoms with E-state index in [1.54, 1.807) is 0 Å². The molecule has 2 rings (SSSR count). The summed E-state index contributed by atoms with van der Waals surface area (Å²) in [6.45, 7) is 9.54. The van der Waals surface area contributed by atoms with Crippen LogP contribution in [0.5, 0.6) is 0 Å². The normalized spacial score (nSPS) is 8.95. The third-order valence-corrected chi connectivity index (χ3v) is 3.45. The molecule has 0 saturated heterocycles. The van der Waals surface area contributed by atoms with E-state index < -0.39 is 0 Å². The van der Waals surface area contributed by atoms with Gasteiger partial charge in [-0.15, -0.1) is 0 Å². The number of hydrogen-bond donors (Lipinski definition) is 1. The molecule has 0 aliphatic carbocycles. The maximum Gasteiger partial charge on any atom is 2.00 e. The van der Waals surface area contributed by atoms with Gasteiger partial charge in [-0.1, -0.05) is 30.3 Å². The van der Waals surface area contributed by atoms with E-state index in [1.165, 1.54) is 33.5 Å². The second kappa shape index (κ2) is 9.65. The van der Waals surface area contributed by atoms with Crippen LogP contribution in [-0.2, 0) is 17.1 Å². The number of nitrogens with one attached hydrogen (secondary N) is 1. The van der Waals surface area contributed by atoms with E-state index in [1.807, 2.05) is 0 Å². The van der Waals surface area contributed by atoms with E-state index in [9.17, 15) is 0 Å². The molecule has 0 unspecified atom stereocenters. The average Bonchev–Trinajstić information content (AvgIpc) is 2.36. The van der Waals surface area contributed by atoms with E-state index in [0.717, 1.165) is 6.54 Å². The Hall–Kier alpha value is -1.24. The van der Waals surface area contributed by atoms with Crippen molar-refractivity contribution in [3.8, 4) is 11.1 Å². The zero-order valence-electron chi connectivity index (χ0n) is 14.0. The average molecular weight is 325 g/mol. The van der Waals surface area contributed by atoms with Crippen LogP contribution in [0.1, 0.15) is 23.6 Å². The summed E-state index contributed by atoms with van der Waals surface area (Å²) >= 11 is 0. The van der Waals surface area contributed by atoms with Gasteiger partial charge in [-0.25, -0.2) is 0 Å². The molecule has 0 aliphatic heterocycles. The van der Waals surface area contributed by atoms with Crippen molar-refractivity contribution >= 4 is 5.69 Å². The summed E-state index contributed by atoms with van der Waals surface area (Å²) in [6.07, 6.45) is 0. The minimum atomic E-state index is 0. The predicted octanol–water partition coefficient (Wildman–Crippen LogP) is 5.61. The van der Waals surface area contributed by atoms with Crippen molar-refractivity contribution in [1.82, 2.24) is 0 Å². The van der Waals surface area contributed by atoms with Crippen LogP contribution in [0.3, 0.4) is 0 Å². The Morgan fingerprint density at radius 2 is 1.29 bits per heavy atom. The maximum absolute atomic E-state index is 3.41. The monoisotopic (exact) mass is 325 g/mol. The number of aryl methyl sites for hydroxylation is 3. The molecule has 0 atom stereocenters. The molecule has 0 fully saturated rings. The van der Waals surface area contributed by atoms with E-state index in [0.29, 0.717) is 0 Å². The van der Waals surface area contributed by atoms with Gasteiger partial charge in [0.15, 0.2) is 0 Å². The standard InChI is InChI=1S/C17H21N.2CH3.Fe/c1-5-18-17-11-16(9-7-13(17)3)15-8-6-12(2)14(4)10-15;;;/h6-11,18H,5H2,1-4H3;2*1H3;/q;2*-1;+2. The largest absolute Gasteiger partial charge is 2.00 e. The first kappa shape index (κ1) is 22.0. The second-order valence-corrected chi connectivity index (χ2v) is 4.86. The molecular formula is C19H27FeN. The molecular weight excluding hydrogens is 298 g/mol. The molecule has 0 bridgehead atoms. The van der Waals surface area contributed by atoms with Crippen LogP contribution in [0, 0.1) is 35.6 Å². The summed E-state index contributed by atoms with van der Waals surface area (Å²) in [5.41, 5.74) is 7.78. The molecule has 1 nitrogen and oxygen atoms in total. The minimum absolute atomic E-state index is 0. The van der Waals surface area contributed by atoms with Gasteiger partial charge in [0.25, 0.3) is 0 Å². The van der Waals surface area contributed by atoms with Crippen LogP contribution in [0.2, 0.25) is 0 Å².